The van der Waals surface area contributed by atoms with Crippen LogP contribution in [0.4, 0.5) is 0 Å². The van der Waals surface area contributed by atoms with Crippen LogP contribution < -0.4 is 10.6 Å². The molecule has 0 saturated carbocycles. The van der Waals surface area contributed by atoms with Crippen LogP contribution in [0.1, 0.15) is 12.8 Å². The Hall–Kier alpha value is -1.10. The molecule has 2 aliphatic heterocycles. The summed E-state index contributed by atoms with van der Waals surface area (Å²) in [5.74, 6) is 0.600. The zero-order valence-electron chi connectivity index (χ0n) is 7.59. The number of ether oxygens (including phenoxy) is 1. The Labute approximate surface area is 76.6 Å². The standard InChI is InChI=1S/C8H13N3O2/c1-9-7-10-6(12)8(11-7)2-4-13-5-3-8/h2-5H2,1H3,(H2,9,10,11,12). The molecule has 2 aliphatic rings. The Balaban J connectivity index is 2.18. The summed E-state index contributed by atoms with van der Waals surface area (Å²) in [4.78, 5) is 15.5. The van der Waals surface area contributed by atoms with Crippen molar-refractivity contribution in [3.05, 3.63) is 0 Å². The van der Waals surface area contributed by atoms with Crippen LogP contribution in [0.5, 0.6) is 0 Å². The summed E-state index contributed by atoms with van der Waals surface area (Å²) >= 11 is 0. The van der Waals surface area contributed by atoms with Gasteiger partial charge in [-0.25, -0.2) is 0 Å². The first kappa shape index (κ1) is 8.50. The van der Waals surface area contributed by atoms with Crippen LogP contribution in [-0.4, -0.2) is 37.7 Å². The number of guanidine groups is 1. The van der Waals surface area contributed by atoms with E-state index in [2.05, 4.69) is 15.6 Å². The first-order valence-electron chi connectivity index (χ1n) is 4.41. The number of nitrogens with one attached hydrogen (secondary N) is 2. The number of nitrogens with zero attached hydrogens (tertiary/aromatic N) is 1. The number of rotatable bonds is 0. The Kier molecular flexibility index (Phi) is 1.95. The van der Waals surface area contributed by atoms with Gasteiger partial charge in [0.1, 0.15) is 5.54 Å². The average molecular weight is 183 g/mol. The molecule has 2 N–H and O–H groups in total. The van der Waals surface area contributed by atoms with Crippen molar-refractivity contribution in [1.82, 2.24) is 10.6 Å². The van der Waals surface area contributed by atoms with E-state index in [4.69, 9.17) is 4.74 Å². The molecule has 0 unspecified atom stereocenters. The lowest BCUT2D eigenvalue weighted by atomic mass is 9.90. The van der Waals surface area contributed by atoms with Crippen LogP contribution in [0.3, 0.4) is 0 Å². The molecule has 13 heavy (non-hydrogen) atoms. The van der Waals surface area contributed by atoms with Gasteiger partial charge in [-0.15, -0.1) is 0 Å². The molecule has 5 heteroatoms. The van der Waals surface area contributed by atoms with Crippen molar-refractivity contribution >= 4 is 11.9 Å². The third kappa shape index (κ3) is 1.29. The van der Waals surface area contributed by atoms with E-state index < -0.39 is 5.54 Å². The van der Waals surface area contributed by atoms with Crippen LogP contribution in [0.25, 0.3) is 0 Å². The van der Waals surface area contributed by atoms with Crippen molar-refractivity contribution in [2.45, 2.75) is 18.4 Å². The molecule has 0 aromatic carbocycles. The highest BCUT2D eigenvalue weighted by atomic mass is 16.5. The summed E-state index contributed by atoms with van der Waals surface area (Å²) in [5.41, 5.74) is -0.451. The summed E-state index contributed by atoms with van der Waals surface area (Å²) in [6.07, 6.45) is 1.44. The van der Waals surface area contributed by atoms with E-state index in [0.29, 0.717) is 19.2 Å². The fraction of sp³-hybridized carbons (Fsp3) is 0.750. The van der Waals surface area contributed by atoms with Gasteiger partial charge in [0.05, 0.1) is 0 Å². The molecule has 0 radical (unpaired) electrons. The summed E-state index contributed by atoms with van der Waals surface area (Å²) in [5, 5.41) is 5.82. The van der Waals surface area contributed by atoms with Crippen LogP contribution >= 0.6 is 0 Å². The fourth-order valence-corrected chi connectivity index (χ4v) is 1.73. The first-order valence-corrected chi connectivity index (χ1v) is 4.41. The van der Waals surface area contributed by atoms with E-state index in [1.165, 1.54) is 0 Å². The summed E-state index contributed by atoms with van der Waals surface area (Å²) in [7, 11) is 1.65. The van der Waals surface area contributed by atoms with Crippen LogP contribution in [0.2, 0.25) is 0 Å². The molecule has 2 fully saturated rings. The van der Waals surface area contributed by atoms with Crippen LogP contribution in [0.15, 0.2) is 4.99 Å². The minimum atomic E-state index is -0.451. The van der Waals surface area contributed by atoms with E-state index in [-0.39, 0.29) is 5.91 Å². The van der Waals surface area contributed by atoms with Crippen LogP contribution in [0, 0.1) is 0 Å². The van der Waals surface area contributed by atoms with Gasteiger partial charge in [-0.1, -0.05) is 0 Å². The normalized spacial score (nSPS) is 29.0. The van der Waals surface area contributed by atoms with Gasteiger partial charge in [0.2, 0.25) is 0 Å². The zero-order valence-corrected chi connectivity index (χ0v) is 7.59. The van der Waals surface area contributed by atoms with Gasteiger partial charge < -0.3 is 10.1 Å². The molecule has 1 amide bonds. The molecule has 0 aromatic heterocycles. The maximum absolute atomic E-state index is 11.6. The molecule has 0 atom stereocenters. The largest absolute Gasteiger partial charge is 0.381 e. The zero-order chi connectivity index (χ0) is 9.31. The summed E-state index contributed by atoms with van der Waals surface area (Å²) < 4.78 is 5.21. The fourth-order valence-electron chi connectivity index (χ4n) is 1.73. The molecule has 2 saturated heterocycles. The van der Waals surface area contributed by atoms with Gasteiger partial charge >= 0.3 is 0 Å². The van der Waals surface area contributed by atoms with E-state index in [0.717, 1.165) is 12.8 Å². The minimum absolute atomic E-state index is 0.0244. The lowest BCUT2D eigenvalue weighted by molar-refractivity contribution is -0.127. The smallest absolute Gasteiger partial charge is 0.252 e. The second-order valence-electron chi connectivity index (χ2n) is 3.35. The molecular formula is C8H13N3O2. The second kappa shape index (κ2) is 2.99. The topological polar surface area (TPSA) is 62.7 Å². The van der Waals surface area contributed by atoms with Gasteiger partial charge in [0.25, 0.3) is 5.91 Å². The lowest BCUT2D eigenvalue weighted by Crippen LogP contribution is -2.50. The van der Waals surface area contributed by atoms with Gasteiger partial charge in [-0.05, 0) is 0 Å². The summed E-state index contributed by atoms with van der Waals surface area (Å²) in [6, 6.07) is 0. The molecule has 72 valence electrons. The maximum atomic E-state index is 11.6. The van der Waals surface area contributed by atoms with Crippen molar-refractivity contribution in [2.24, 2.45) is 4.99 Å². The quantitative estimate of drug-likeness (QED) is 0.519. The van der Waals surface area contributed by atoms with Crippen LogP contribution in [-0.2, 0) is 9.53 Å². The molecule has 1 spiro atoms. The third-order valence-corrected chi connectivity index (χ3v) is 2.59. The van der Waals surface area contributed by atoms with Gasteiger partial charge in [0.15, 0.2) is 5.96 Å². The molecule has 0 aromatic rings. The average Bonchev–Trinajstić information content (AvgIpc) is 2.45. The van der Waals surface area contributed by atoms with Crippen molar-refractivity contribution in [3.63, 3.8) is 0 Å². The predicted molar refractivity (Wildman–Crippen MR) is 47.4 cm³/mol. The number of carbonyl (C=O) groups excluding carboxylic acids is 1. The van der Waals surface area contributed by atoms with E-state index in [1.807, 2.05) is 0 Å². The molecule has 0 bridgehead atoms. The molecular weight excluding hydrogens is 170 g/mol. The summed E-state index contributed by atoms with van der Waals surface area (Å²) in [6.45, 7) is 1.27. The third-order valence-electron chi connectivity index (χ3n) is 2.59. The minimum Gasteiger partial charge on any atom is -0.381 e. The van der Waals surface area contributed by atoms with E-state index in [1.54, 1.807) is 7.05 Å². The Morgan fingerprint density at radius 2 is 2.15 bits per heavy atom. The predicted octanol–water partition coefficient (Wildman–Crippen LogP) is -0.759. The van der Waals surface area contributed by atoms with Crippen molar-refractivity contribution < 1.29 is 9.53 Å². The molecule has 2 rings (SSSR count). The molecule has 0 aliphatic carbocycles. The highest BCUT2D eigenvalue weighted by molar-refractivity contribution is 6.09. The maximum Gasteiger partial charge on any atom is 0.252 e. The van der Waals surface area contributed by atoms with Crippen molar-refractivity contribution in [1.29, 1.82) is 0 Å². The molecule has 5 nitrogen and oxygen atoms in total. The van der Waals surface area contributed by atoms with Gasteiger partial charge in [-0.3, -0.25) is 15.1 Å². The lowest BCUT2D eigenvalue weighted by Gasteiger charge is -2.30. The number of carbonyl (C=O) groups is 1. The number of hydrogen-bond acceptors (Lipinski definition) is 3. The second-order valence-corrected chi connectivity index (χ2v) is 3.35. The Morgan fingerprint density at radius 1 is 1.46 bits per heavy atom. The molecule has 2 heterocycles. The first-order chi connectivity index (χ1) is 6.27. The Bertz CT molecular complexity index is 256. The number of amides is 1. The van der Waals surface area contributed by atoms with Crippen molar-refractivity contribution in [2.75, 3.05) is 20.3 Å². The van der Waals surface area contributed by atoms with E-state index >= 15 is 0 Å². The Morgan fingerprint density at radius 3 is 2.69 bits per heavy atom. The highest BCUT2D eigenvalue weighted by Gasteiger charge is 2.45. The van der Waals surface area contributed by atoms with Gasteiger partial charge in [0, 0.05) is 33.1 Å². The number of hydrogen-bond donors (Lipinski definition) is 2. The highest BCUT2D eigenvalue weighted by Crippen LogP contribution is 2.23. The van der Waals surface area contributed by atoms with E-state index in [9.17, 15) is 4.79 Å². The SMILES string of the molecule is CN=C1NC(=O)C2(CCOCC2)N1. The monoisotopic (exact) mass is 183 g/mol. The van der Waals surface area contributed by atoms with Crippen molar-refractivity contribution in [3.8, 4) is 0 Å². The number of aliphatic imine (C=N–C) groups is 1. The van der Waals surface area contributed by atoms with Gasteiger partial charge in [-0.2, -0.15) is 0 Å².